The van der Waals surface area contributed by atoms with Crippen LogP contribution in [0.5, 0.6) is 0 Å². The zero-order chi connectivity index (χ0) is 11.1. The van der Waals surface area contributed by atoms with E-state index in [9.17, 15) is 4.79 Å². The van der Waals surface area contributed by atoms with E-state index in [1.807, 2.05) is 5.38 Å². The zero-order valence-electron chi connectivity index (χ0n) is 8.99. The van der Waals surface area contributed by atoms with Crippen LogP contribution in [0.1, 0.15) is 24.0 Å². The lowest BCUT2D eigenvalue weighted by atomic mass is 10.2. The van der Waals surface area contributed by atoms with Gasteiger partial charge < -0.3 is 9.47 Å². The lowest BCUT2D eigenvalue weighted by molar-refractivity contribution is -0.143. The number of thiazole rings is 1. The molecule has 0 spiro atoms. The molecule has 0 saturated heterocycles. The largest absolute Gasteiger partial charge is 0.466 e. The van der Waals surface area contributed by atoms with Crippen LogP contribution in [0.15, 0.2) is 5.38 Å². The number of methoxy groups -OCH3 is 1. The summed E-state index contributed by atoms with van der Waals surface area (Å²) in [6, 6.07) is 0. The van der Waals surface area contributed by atoms with Gasteiger partial charge in [-0.3, -0.25) is 4.79 Å². The number of carbonyl (C=O) groups excluding carboxylic acids is 1. The second-order valence-electron chi connectivity index (χ2n) is 2.97. The molecule has 0 saturated carbocycles. The van der Waals surface area contributed by atoms with Gasteiger partial charge in [-0.25, -0.2) is 4.98 Å². The van der Waals surface area contributed by atoms with Crippen molar-refractivity contribution in [1.82, 2.24) is 4.98 Å². The first-order chi connectivity index (χ1) is 7.26. The fourth-order valence-corrected chi connectivity index (χ4v) is 1.92. The van der Waals surface area contributed by atoms with E-state index in [1.54, 1.807) is 25.4 Å². The Morgan fingerprint density at radius 2 is 2.40 bits per heavy atom. The van der Waals surface area contributed by atoms with Crippen LogP contribution >= 0.6 is 11.3 Å². The van der Waals surface area contributed by atoms with Crippen LogP contribution in [0.2, 0.25) is 0 Å². The maximum atomic E-state index is 11.1. The quantitative estimate of drug-likeness (QED) is 0.698. The highest BCUT2D eigenvalue weighted by atomic mass is 32.1. The highest BCUT2D eigenvalue weighted by Crippen LogP contribution is 2.12. The zero-order valence-corrected chi connectivity index (χ0v) is 9.80. The lowest BCUT2D eigenvalue weighted by Gasteiger charge is -1.99. The molecule has 84 valence electrons. The van der Waals surface area contributed by atoms with Gasteiger partial charge in [-0.1, -0.05) is 0 Å². The summed E-state index contributed by atoms with van der Waals surface area (Å²) in [6.45, 7) is 2.77. The topological polar surface area (TPSA) is 48.4 Å². The highest BCUT2D eigenvalue weighted by molar-refractivity contribution is 7.09. The van der Waals surface area contributed by atoms with Crippen molar-refractivity contribution in [2.24, 2.45) is 0 Å². The molecule has 0 fully saturated rings. The molecule has 5 heteroatoms. The van der Waals surface area contributed by atoms with Crippen molar-refractivity contribution < 1.29 is 14.3 Å². The Kier molecular flexibility index (Phi) is 5.28. The Morgan fingerprint density at radius 3 is 3.07 bits per heavy atom. The molecule has 0 N–H and O–H groups in total. The summed E-state index contributed by atoms with van der Waals surface area (Å²) in [4.78, 5) is 15.4. The first kappa shape index (κ1) is 12.1. The van der Waals surface area contributed by atoms with Gasteiger partial charge >= 0.3 is 5.97 Å². The summed E-state index contributed by atoms with van der Waals surface area (Å²) in [5.74, 6) is -0.168. The number of nitrogens with zero attached hydrogens (tertiary/aromatic N) is 1. The van der Waals surface area contributed by atoms with E-state index in [0.717, 1.165) is 10.7 Å². The third-order valence-electron chi connectivity index (χ3n) is 1.76. The first-order valence-electron chi connectivity index (χ1n) is 4.84. The summed E-state index contributed by atoms with van der Waals surface area (Å²) >= 11 is 1.55. The third-order valence-corrected chi connectivity index (χ3v) is 2.63. The van der Waals surface area contributed by atoms with Gasteiger partial charge in [0, 0.05) is 18.9 Å². The molecule has 0 amide bonds. The number of ether oxygens (including phenoxy) is 2. The fourth-order valence-electron chi connectivity index (χ4n) is 1.12. The minimum atomic E-state index is -0.168. The van der Waals surface area contributed by atoms with Crippen LogP contribution in [0, 0.1) is 0 Å². The molecule has 1 rings (SSSR count). The SMILES string of the molecule is CCOC(=O)CCc1csc(COC)n1. The van der Waals surface area contributed by atoms with Crippen molar-refractivity contribution in [1.29, 1.82) is 0 Å². The summed E-state index contributed by atoms with van der Waals surface area (Å²) in [5.41, 5.74) is 0.931. The van der Waals surface area contributed by atoms with Crippen LogP contribution in [-0.2, 0) is 27.3 Å². The van der Waals surface area contributed by atoms with Gasteiger partial charge in [-0.05, 0) is 6.92 Å². The van der Waals surface area contributed by atoms with E-state index in [0.29, 0.717) is 26.1 Å². The second-order valence-corrected chi connectivity index (χ2v) is 3.91. The molecule has 15 heavy (non-hydrogen) atoms. The summed E-state index contributed by atoms with van der Waals surface area (Å²) < 4.78 is 9.79. The molecule has 0 bridgehead atoms. The Balaban J connectivity index is 2.34. The van der Waals surface area contributed by atoms with Crippen LogP contribution in [0.25, 0.3) is 0 Å². The van der Waals surface area contributed by atoms with Gasteiger partial charge in [0.25, 0.3) is 0 Å². The van der Waals surface area contributed by atoms with E-state index < -0.39 is 0 Å². The molecule has 1 aromatic heterocycles. The van der Waals surface area contributed by atoms with Gasteiger partial charge in [-0.2, -0.15) is 0 Å². The van der Waals surface area contributed by atoms with Gasteiger partial charge in [0.1, 0.15) is 5.01 Å². The average Bonchev–Trinajstić information content (AvgIpc) is 2.64. The Bertz CT molecular complexity index is 311. The maximum Gasteiger partial charge on any atom is 0.306 e. The molecule has 1 aromatic rings. The second kappa shape index (κ2) is 6.53. The molecule has 0 aliphatic rings. The molecule has 4 nitrogen and oxygen atoms in total. The molecule has 0 aromatic carbocycles. The molecule has 1 heterocycles. The van der Waals surface area contributed by atoms with Gasteiger partial charge in [-0.15, -0.1) is 11.3 Å². The standard InChI is InChI=1S/C10H15NO3S/c1-3-14-10(12)5-4-8-7-15-9(11-8)6-13-2/h7H,3-6H2,1-2H3. The highest BCUT2D eigenvalue weighted by Gasteiger charge is 2.05. The number of aromatic nitrogens is 1. The van der Waals surface area contributed by atoms with Crippen molar-refractivity contribution in [3.63, 3.8) is 0 Å². The van der Waals surface area contributed by atoms with Crippen molar-refractivity contribution in [3.8, 4) is 0 Å². The van der Waals surface area contributed by atoms with E-state index in [-0.39, 0.29) is 5.97 Å². The molecule has 0 aliphatic carbocycles. The summed E-state index contributed by atoms with van der Waals surface area (Å²) in [6.07, 6.45) is 1.03. The molecular formula is C10H15NO3S. The number of carbonyl (C=O) groups is 1. The molecule has 0 radical (unpaired) electrons. The van der Waals surface area contributed by atoms with Crippen molar-refractivity contribution in [2.45, 2.75) is 26.4 Å². The Labute approximate surface area is 93.2 Å². The van der Waals surface area contributed by atoms with Gasteiger partial charge in [0.2, 0.25) is 0 Å². The lowest BCUT2D eigenvalue weighted by Crippen LogP contribution is -2.05. The number of rotatable bonds is 6. The van der Waals surface area contributed by atoms with Crippen molar-refractivity contribution in [2.75, 3.05) is 13.7 Å². The predicted molar refractivity (Wildman–Crippen MR) is 57.8 cm³/mol. The van der Waals surface area contributed by atoms with E-state index in [1.165, 1.54) is 0 Å². The van der Waals surface area contributed by atoms with Crippen molar-refractivity contribution in [3.05, 3.63) is 16.1 Å². The summed E-state index contributed by atoms with van der Waals surface area (Å²) in [7, 11) is 1.64. The smallest absolute Gasteiger partial charge is 0.306 e. The minimum Gasteiger partial charge on any atom is -0.466 e. The monoisotopic (exact) mass is 229 g/mol. The Hall–Kier alpha value is -0.940. The third kappa shape index (κ3) is 4.40. The number of hydrogen-bond donors (Lipinski definition) is 0. The van der Waals surface area contributed by atoms with Crippen molar-refractivity contribution >= 4 is 17.3 Å². The Morgan fingerprint density at radius 1 is 1.60 bits per heavy atom. The minimum absolute atomic E-state index is 0.168. The normalized spacial score (nSPS) is 10.3. The molecule has 0 atom stereocenters. The van der Waals surface area contributed by atoms with Crippen LogP contribution < -0.4 is 0 Å². The van der Waals surface area contributed by atoms with Crippen LogP contribution in [-0.4, -0.2) is 24.7 Å². The average molecular weight is 229 g/mol. The van der Waals surface area contributed by atoms with Gasteiger partial charge in [0.05, 0.1) is 25.3 Å². The van der Waals surface area contributed by atoms with Crippen LogP contribution in [0.4, 0.5) is 0 Å². The predicted octanol–water partition coefficient (Wildman–Crippen LogP) is 1.79. The van der Waals surface area contributed by atoms with E-state index in [4.69, 9.17) is 9.47 Å². The molecular weight excluding hydrogens is 214 g/mol. The molecule has 0 unspecified atom stereocenters. The maximum absolute atomic E-state index is 11.1. The molecule has 0 aliphatic heterocycles. The fraction of sp³-hybridized carbons (Fsp3) is 0.600. The van der Waals surface area contributed by atoms with Gasteiger partial charge in [0.15, 0.2) is 0 Å². The van der Waals surface area contributed by atoms with E-state index in [2.05, 4.69) is 4.98 Å². The number of aryl methyl sites for hydroxylation is 1. The first-order valence-corrected chi connectivity index (χ1v) is 5.72. The number of hydrogen-bond acceptors (Lipinski definition) is 5. The van der Waals surface area contributed by atoms with E-state index >= 15 is 0 Å². The summed E-state index contributed by atoms with van der Waals surface area (Å²) in [5, 5.41) is 2.89. The number of esters is 1. The van der Waals surface area contributed by atoms with Crippen LogP contribution in [0.3, 0.4) is 0 Å².